The van der Waals surface area contributed by atoms with E-state index in [-0.39, 0.29) is 57.0 Å². The molecule has 0 spiro atoms. The molecule has 0 rings (SSSR count). The largest absolute Gasteiger partial charge is 1.00 e. The maximum absolute atomic E-state index is 9.60. The molecule has 0 aromatic heterocycles. The number of aliphatic carboxylic acids is 1. The van der Waals surface area contributed by atoms with Gasteiger partial charge in [0.25, 0.3) is 0 Å². The molecule has 54 valence electrons. The smallest absolute Gasteiger partial charge is 0.478 e. The maximum Gasteiger partial charge on any atom is 1.00 e. The molecule has 0 amide bonds. The van der Waals surface area contributed by atoms with E-state index in [0.29, 0.717) is 0 Å². The number of carboxylic acid groups (broad SMARTS) is 1. The Hall–Kier alpha value is 0.846. The number of carbonyl (C=O) groups is 1. The average Bonchev–Trinajstić information content (AvgIpc) is 1.68. The fraction of sp³-hybridized carbons (Fsp3) is 0.429. The molecule has 0 heterocycles. The first-order valence-corrected chi connectivity index (χ1v) is 2.74. The molecule has 0 saturated heterocycles. The predicted octanol–water partition coefficient (Wildman–Crippen LogP) is -1.12. The van der Waals surface area contributed by atoms with Crippen LogP contribution in [-0.2, 0) is 4.79 Å². The van der Waals surface area contributed by atoms with Crippen LogP contribution in [0.3, 0.4) is 0 Å². The van der Waals surface area contributed by atoms with Crippen LogP contribution < -0.4 is 51.4 Å². The van der Waals surface area contributed by atoms with Crippen LogP contribution in [-0.4, -0.2) is 11.1 Å². The molecule has 0 fully saturated rings. The molecular weight excluding hydrogens is 155 g/mol. The van der Waals surface area contributed by atoms with Crippen molar-refractivity contribution in [1.29, 1.82) is 0 Å². The molecule has 0 unspecified atom stereocenters. The number of rotatable bonds is 1. The standard InChI is InChI=1S/C4H6O2.C3H7.K/c1-3(2)4(5)6;1-3-2;/h1H2,2H3,(H,5,6);1,3H2,2H3;/q;-1;+1. The van der Waals surface area contributed by atoms with Gasteiger partial charge in [-0.1, -0.05) is 13.5 Å². The minimum atomic E-state index is -0.935. The second kappa shape index (κ2) is 12.5. The van der Waals surface area contributed by atoms with E-state index in [1.54, 1.807) is 0 Å². The quantitative estimate of drug-likeness (QED) is 0.306. The Kier molecular flexibility index (Phi) is 21.4. The van der Waals surface area contributed by atoms with E-state index < -0.39 is 5.97 Å². The molecule has 3 heteroatoms. The first-order valence-electron chi connectivity index (χ1n) is 2.74. The maximum atomic E-state index is 9.60. The van der Waals surface area contributed by atoms with Gasteiger partial charge in [0.2, 0.25) is 0 Å². The molecule has 0 aliphatic carbocycles. The minimum absolute atomic E-state index is 0. The van der Waals surface area contributed by atoms with Crippen molar-refractivity contribution >= 4 is 5.97 Å². The van der Waals surface area contributed by atoms with E-state index in [9.17, 15) is 4.79 Å². The first kappa shape index (κ1) is 17.1. The summed E-state index contributed by atoms with van der Waals surface area (Å²) in [7, 11) is 0. The van der Waals surface area contributed by atoms with E-state index in [1.165, 1.54) is 6.92 Å². The van der Waals surface area contributed by atoms with Gasteiger partial charge in [0.1, 0.15) is 0 Å². The van der Waals surface area contributed by atoms with E-state index in [2.05, 4.69) is 13.5 Å². The topological polar surface area (TPSA) is 37.3 Å². The summed E-state index contributed by atoms with van der Waals surface area (Å²) >= 11 is 0. The first-order chi connectivity index (χ1) is 4.06. The van der Waals surface area contributed by atoms with E-state index in [1.807, 2.05) is 6.92 Å². The Morgan fingerprint density at radius 3 is 1.80 bits per heavy atom. The molecule has 0 atom stereocenters. The summed E-state index contributed by atoms with van der Waals surface area (Å²) < 4.78 is 0. The van der Waals surface area contributed by atoms with Crippen molar-refractivity contribution in [3.63, 3.8) is 0 Å². The van der Waals surface area contributed by atoms with Crippen LogP contribution in [0, 0.1) is 6.92 Å². The fourth-order valence-electron chi connectivity index (χ4n) is 0. The molecule has 10 heavy (non-hydrogen) atoms. The second-order valence-corrected chi connectivity index (χ2v) is 1.59. The number of hydrogen-bond acceptors (Lipinski definition) is 1. The van der Waals surface area contributed by atoms with E-state index >= 15 is 0 Å². The fourth-order valence-corrected chi connectivity index (χ4v) is 0. The van der Waals surface area contributed by atoms with Crippen molar-refractivity contribution in [3.8, 4) is 0 Å². The molecular formula is C7H13KO2. The summed E-state index contributed by atoms with van der Waals surface area (Å²) in [5.41, 5.74) is 0.176. The second-order valence-electron chi connectivity index (χ2n) is 1.59. The van der Waals surface area contributed by atoms with Crippen LogP contribution in [0.1, 0.15) is 20.3 Å². The van der Waals surface area contributed by atoms with Crippen LogP contribution in [0.4, 0.5) is 0 Å². The van der Waals surface area contributed by atoms with E-state index in [4.69, 9.17) is 5.11 Å². The Morgan fingerprint density at radius 1 is 1.70 bits per heavy atom. The van der Waals surface area contributed by atoms with Gasteiger partial charge in [-0.3, -0.25) is 0 Å². The van der Waals surface area contributed by atoms with Crippen molar-refractivity contribution in [2.75, 3.05) is 0 Å². The van der Waals surface area contributed by atoms with Gasteiger partial charge in [-0.2, -0.15) is 6.42 Å². The molecule has 0 aliphatic heterocycles. The van der Waals surface area contributed by atoms with Crippen molar-refractivity contribution in [1.82, 2.24) is 0 Å². The molecule has 0 radical (unpaired) electrons. The van der Waals surface area contributed by atoms with Crippen LogP contribution in [0.5, 0.6) is 0 Å². The van der Waals surface area contributed by atoms with Crippen LogP contribution >= 0.6 is 0 Å². The summed E-state index contributed by atoms with van der Waals surface area (Å²) in [6.07, 6.45) is 1.00. The molecule has 0 bridgehead atoms. The van der Waals surface area contributed by atoms with Crippen LogP contribution in [0.25, 0.3) is 0 Å². The summed E-state index contributed by atoms with van der Waals surface area (Å²) in [6.45, 7) is 10.1. The summed E-state index contributed by atoms with van der Waals surface area (Å²) in [5, 5.41) is 7.89. The van der Waals surface area contributed by atoms with Gasteiger partial charge in [-0.05, 0) is 6.92 Å². The zero-order valence-electron chi connectivity index (χ0n) is 6.98. The monoisotopic (exact) mass is 168 g/mol. The molecule has 0 aromatic rings. The molecule has 0 aromatic carbocycles. The SMILES string of the molecule is C=C(C)C(=O)O.[CH2-]CC.[K+]. The Balaban J connectivity index is -0.000000107. The molecule has 0 saturated carbocycles. The van der Waals surface area contributed by atoms with Gasteiger partial charge in [-0.15, -0.1) is 0 Å². The number of hydrogen-bond donors (Lipinski definition) is 1. The average molecular weight is 168 g/mol. The van der Waals surface area contributed by atoms with Gasteiger partial charge >= 0.3 is 57.4 Å². The third kappa shape index (κ3) is 23.2. The third-order valence-corrected chi connectivity index (χ3v) is 0.365. The van der Waals surface area contributed by atoms with Crippen molar-refractivity contribution in [2.24, 2.45) is 0 Å². The zero-order chi connectivity index (χ0) is 7.86. The molecule has 1 N–H and O–H groups in total. The van der Waals surface area contributed by atoms with E-state index in [0.717, 1.165) is 6.42 Å². The van der Waals surface area contributed by atoms with Gasteiger partial charge in [0.15, 0.2) is 0 Å². The Labute approximate surface area is 105 Å². The van der Waals surface area contributed by atoms with Gasteiger partial charge in [0.05, 0.1) is 0 Å². The minimum Gasteiger partial charge on any atom is -0.478 e. The number of carboxylic acids is 1. The van der Waals surface area contributed by atoms with Gasteiger partial charge in [0, 0.05) is 5.57 Å². The summed E-state index contributed by atoms with van der Waals surface area (Å²) in [6, 6.07) is 0. The summed E-state index contributed by atoms with van der Waals surface area (Å²) in [5.74, 6) is -0.935. The van der Waals surface area contributed by atoms with Crippen molar-refractivity contribution in [3.05, 3.63) is 19.1 Å². The van der Waals surface area contributed by atoms with Crippen molar-refractivity contribution < 1.29 is 61.3 Å². The molecule has 0 aliphatic rings. The van der Waals surface area contributed by atoms with Crippen LogP contribution in [0.2, 0.25) is 0 Å². The van der Waals surface area contributed by atoms with Gasteiger partial charge in [-0.25, -0.2) is 4.79 Å². The normalized spacial score (nSPS) is 6.30. The zero-order valence-corrected chi connectivity index (χ0v) is 10.1. The van der Waals surface area contributed by atoms with Crippen molar-refractivity contribution in [2.45, 2.75) is 20.3 Å². The summed E-state index contributed by atoms with van der Waals surface area (Å²) in [4.78, 5) is 9.60. The predicted molar refractivity (Wildman–Crippen MR) is 38.1 cm³/mol. The molecule has 2 nitrogen and oxygen atoms in total. The Bertz CT molecular complexity index is 87.8. The van der Waals surface area contributed by atoms with Crippen LogP contribution in [0.15, 0.2) is 12.2 Å². The Morgan fingerprint density at radius 2 is 1.80 bits per heavy atom. The third-order valence-electron chi connectivity index (χ3n) is 0.365. The van der Waals surface area contributed by atoms with Gasteiger partial charge < -0.3 is 12.0 Å².